The molecule has 38 heavy (non-hydrogen) atoms. The highest BCUT2D eigenvalue weighted by Crippen LogP contribution is 2.38. The quantitative estimate of drug-likeness (QED) is 0.401. The number of H-pyrrole nitrogens is 1. The molecule has 2 atom stereocenters. The molecule has 200 valence electrons. The first kappa shape index (κ1) is 25.7. The molecule has 1 aliphatic carbocycles. The maximum atomic E-state index is 12.3. The normalized spacial score (nSPS) is 19.7. The Kier molecular flexibility index (Phi) is 7.02. The van der Waals surface area contributed by atoms with Crippen molar-refractivity contribution in [3.8, 4) is 17.8 Å². The SMILES string of the molecule is CNC(=O)c1cc(N2CCC(c3[nH]nc4nccc(OCS(C)(=O)=O)c34)CC2)nc(OC[C@H]2CC2C#N)n1. The van der Waals surface area contributed by atoms with Gasteiger partial charge in [0.2, 0.25) is 0 Å². The summed E-state index contributed by atoms with van der Waals surface area (Å²) in [5, 5.41) is 19.7. The number of carbonyl (C=O) groups is 1. The van der Waals surface area contributed by atoms with Crippen LogP contribution in [-0.2, 0) is 9.84 Å². The molecule has 4 heterocycles. The molecule has 1 saturated carbocycles. The molecule has 1 aliphatic heterocycles. The van der Waals surface area contributed by atoms with Crippen molar-refractivity contribution in [1.82, 2.24) is 30.5 Å². The van der Waals surface area contributed by atoms with Gasteiger partial charge in [-0.05, 0) is 25.3 Å². The van der Waals surface area contributed by atoms with Gasteiger partial charge in [-0.2, -0.15) is 20.3 Å². The van der Waals surface area contributed by atoms with Gasteiger partial charge in [0.1, 0.15) is 17.3 Å². The van der Waals surface area contributed by atoms with Crippen molar-refractivity contribution in [2.45, 2.75) is 25.2 Å². The summed E-state index contributed by atoms with van der Waals surface area (Å²) < 4.78 is 34.6. The van der Waals surface area contributed by atoms with Gasteiger partial charge in [0.05, 0.1) is 29.7 Å². The van der Waals surface area contributed by atoms with E-state index in [0.717, 1.165) is 31.2 Å². The number of hydrogen-bond acceptors (Lipinski definition) is 11. The number of nitrogens with one attached hydrogen (secondary N) is 2. The Bertz CT molecular complexity index is 1490. The average Bonchev–Trinajstić information content (AvgIpc) is 3.56. The van der Waals surface area contributed by atoms with Crippen molar-refractivity contribution in [2.24, 2.45) is 11.8 Å². The molecule has 1 amide bonds. The van der Waals surface area contributed by atoms with E-state index in [1.165, 1.54) is 13.2 Å². The fraction of sp³-hybridized carbons (Fsp3) is 0.500. The number of nitrogens with zero attached hydrogens (tertiary/aromatic N) is 6. The topological polar surface area (TPSA) is 176 Å². The van der Waals surface area contributed by atoms with Crippen molar-refractivity contribution in [3.63, 3.8) is 0 Å². The molecule has 1 saturated heterocycles. The van der Waals surface area contributed by atoms with Crippen LogP contribution in [0.5, 0.6) is 11.8 Å². The number of fused-ring (bicyclic) bond motifs is 1. The van der Waals surface area contributed by atoms with E-state index in [9.17, 15) is 13.2 Å². The van der Waals surface area contributed by atoms with Crippen LogP contribution in [0.4, 0.5) is 5.82 Å². The summed E-state index contributed by atoms with van der Waals surface area (Å²) in [6, 6.07) is 5.64. The number of sulfone groups is 1. The van der Waals surface area contributed by atoms with Crippen LogP contribution in [0.3, 0.4) is 0 Å². The molecule has 0 radical (unpaired) electrons. The molecule has 3 aromatic heterocycles. The number of piperidine rings is 1. The lowest BCUT2D eigenvalue weighted by Crippen LogP contribution is -2.34. The van der Waals surface area contributed by atoms with Crippen molar-refractivity contribution in [1.29, 1.82) is 5.26 Å². The van der Waals surface area contributed by atoms with Crippen LogP contribution < -0.4 is 19.7 Å². The molecule has 2 N–H and O–H groups in total. The molecular formula is C24H28N8O5S. The molecule has 3 aromatic rings. The third kappa shape index (κ3) is 5.62. The highest BCUT2D eigenvalue weighted by atomic mass is 32.2. The standard InChI is InChI=1S/C24H28N8O5S/c1-26-23(33)17-10-19(29-24(28-17)36-12-16-9-15(16)11-25)32-7-4-14(5-8-32)21-20-18(37-13-38(2,34)35)3-6-27-22(20)31-30-21/h3,6,10,14-16H,4-5,7-9,12-13H2,1-2H3,(H,26,33)(H,27,30,31)/t15?,16-/m1/s1. The predicted molar refractivity (Wildman–Crippen MR) is 137 cm³/mol. The fourth-order valence-electron chi connectivity index (χ4n) is 4.58. The highest BCUT2D eigenvalue weighted by molar-refractivity contribution is 7.90. The van der Waals surface area contributed by atoms with E-state index >= 15 is 0 Å². The van der Waals surface area contributed by atoms with E-state index in [1.807, 2.05) is 0 Å². The fourth-order valence-corrected chi connectivity index (χ4v) is 4.92. The van der Waals surface area contributed by atoms with Crippen LogP contribution in [0.2, 0.25) is 0 Å². The van der Waals surface area contributed by atoms with E-state index in [-0.39, 0.29) is 35.4 Å². The minimum atomic E-state index is -3.32. The molecular weight excluding hydrogens is 512 g/mol. The number of pyridine rings is 1. The van der Waals surface area contributed by atoms with E-state index in [1.54, 1.807) is 12.1 Å². The number of nitriles is 1. The lowest BCUT2D eigenvalue weighted by Gasteiger charge is -2.32. The van der Waals surface area contributed by atoms with Gasteiger partial charge in [-0.1, -0.05) is 0 Å². The predicted octanol–water partition coefficient (Wildman–Crippen LogP) is 1.41. The minimum absolute atomic E-state index is 0.00155. The van der Waals surface area contributed by atoms with Crippen LogP contribution >= 0.6 is 0 Å². The van der Waals surface area contributed by atoms with Crippen molar-refractivity contribution >= 4 is 32.6 Å². The van der Waals surface area contributed by atoms with E-state index in [2.05, 4.69) is 41.4 Å². The summed E-state index contributed by atoms with van der Waals surface area (Å²) in [5.74, 6) is 0.515. The zero-order valence-electron chi connectivity index (χ0n) is 21.0. The summed E-state index contributed by atoms with van der Waals surface area (Å²) in [4.78, 5) is 27.5. The zero-order valence-corrected chi connectivity index (χ0v) is 21.9. The van der Waals surface area contributed by atoms with E-state index < -0.39 is 15.8 Å². The minimum Gasteiger partial charge on any atom is -0.477 e. The Morgan fingerprint density at radius 2 is 2.08 bits per heavy atom. The lowest BCUT2D eigenvalue weighted by molar-refractivity contribution is 0.0956. The van der Waals surface area contributed by atoms with Gasteiger partial charge in [-0.15, -0.1) is 0 Å². The van der Waals surface area contributed by atoms with Crippen LogP contribution in [0.15, 0.2) is 18.3 Å². The van der Waals surface area contributed by atoms with E-state index in [4.69, 9.17) is 14.7 Å². The van der Waals surface area contributed by atoms with E-state index in [0.29, 0.717) is 42.3 Å². The number of amides is 1. The molecule has 2 fully saturated rings. The number of hydrogen-bond donors (Lipinski definition) is 2. The van der Waals surface area contributed by atoms with Crippen LogP contribution in [0.1, 0.15) is 41.4 Å². The Balaban J connectivity index is 1.32. The third-order valence-electron chi connectivity index (χ3n) is 6.77. The van der Waals surface area contributed by atoms with Gasteiger partial charge < -0.3 is 19.7 Å². The van der Waals surface area contributed by atoms with Gasteiger partial charge in [0.25, 0.3) is 5.91 Å². The van der Waals surface area contributed by atoms with Crippen LogP contribution in [0, 0.1) is 23.2 Å². The van der Waals surface area contributed by atoms with Crippen LogP contribution in [0.25, 0.3) is 11.0 Å². The summed E-state index contributed by atoms with van der Waals surface area (Å²) in [6.45, 7) is 1.63. The summed E-state index contributed by atoms with van der Waals surface area (Å²) in [5.41, 5.74) is 1.53. The third-order valence-corrected chi connectivity index (χ3v) is 7.31. The molecule has 13 nitrogen and oxygen atoms in total. The second-order valence-corrected chi connectivity index (χ2v) is 11.7. The molecule has 0 spiro atoms. The van der Waals surface area contributed by atoms with Gasteiger partial charge in [-0.3, -0.25) is 9.89 Å². The first-order valence-electron chi connectivity index (χ1n) is 12.3. The van der Waals surface area contributed by atoms with Crippen molar-refractivity contribution in [3.05, 3.63) is 29.7 Å². The van der Waals surface area contributed by atoms with Crippen LogP contribution in [-0.4, -0.2) is 78.4 Å². The summed E-state index contributed by atoms with van der Waals surface area (Å²) >= 11 is 0. The van der Waals surface area contributed by atoms with Gasteiger partial charge in [0.15, 0.2) is 21.4 Å². The van der Waals surface area contributed by atoms with Gasteiger partial charge >= 0.3 is 6.01 Å². The molecule has 1 unspecified atom stereocenters. The maximum Gasteiger partial charge on any atom is 0.319 e. The number of aromatic amines is 1. The molecule has 0 aromatic carbocycles. The highest BCUT2D eigenvalue weighted by Gasteiger charge is 2.38. The monoisotopic (exact) mass is 540 g/mol. The average molecular weight is 541 g/mol. The lowest BCUT2D eigenvalue weighted by atomic mass is 9.92. The molecule has 2 aliphatic rings. The van der Waals surface area contributed by atoms with Gasteiger partial charge in [0, 0.05) is 50.5 Å². The first-order valence-corrected chi connectivity index (χ1v) is 14.3. The number of ether oxygens (including phenoxy) is 2. The Hall–Kier alpha value is -3.99. The number of anilines is 1. The summed E-state index contributed by atoms with van der Waals surface area (Å²) in [7, 11) is -1.78. The second kappa shape index (κ2) is 10.4. The van der Waals surface area contributed by atoms with Crippen molar-refractivity contribution < 1.29 is 22.7 Å². The summed E-state index contributed by atoms with van der Waals surface area (Å²) in [6.07, 6.45) is 4.95. The second-order valence-electron chi connectivity index (χ2n) is 9.61. The number of aromatic nitrogens is 5. The smallest absolute Gasteiger partial charge is 0.319 e. The van der Waals surface area contributed by atoms with Crippen molar-refractivity contribution in [2.75, 3.05) is 43.8 Å². The molecule has 5 rings (SSSR count). The zero-order chi connectivity index (χ0) is 26.9. The largest absolute Gasteiger partial charge is 0.477 e. The Morgan fingerprint density at radius 1 is 1.29 bits per heavy atom. The molecule has 0 bridgehead atoms. The number of rotatable bonds is 9. The van der Waals surface area contributed by atoms with Gasteiger partial charge in [-0.25, -0.2) is 13.4 Å². The maximum absolute atomic E-state index is 12.3. The Labute approximate surface area is 219 Å². The number of carbonyl (C=O) groups excluding carboxylic acids is 1. The molecule has 14 heteroatoms. The first-order chi connectivity index (χ1) is 18.3. The Morgan fingerprint density at radius 3 is 2.76 bits per heavy atom.